The molecule has 1 rings (SSSR count). The monoisotopic (exact) mass is 338 g/mol. The lowest BCUT2D eigenvalue weighted by atomic mass is 10.2. The van der Waals surface area contributed by atoms with Gasteiger partial charge in [0.2, 0.25) is 0 Å². The van der Waals surface area contributed by atoms with E-state index >= 15 is 0 Å². The molecule has 0 aliphatic carbocycles. The van der Waals surface area contributed by atoms with Crippen LogP contribution in [0.15, 0.2) is 23.1 Å². The summed E-state index contributed by atoms with van der Waals surface area (Å²) in [5.74, 6) is 0. The van der Waals surface area contributed by atoms with Gasteiger partial charge in [-0.2, -0.15) is 0 Å². The van der Waals surface area contributed by atoms with Crippen molar-refractivity contribution in [3.05, 3.63) is 23.8 Å². The molecule has 0 aliphatic rings. The number of hydrogen-bond donors (Lipinski definition) is 2. The van der Waals surface area contributed by atoms with Gasteiger partial charge in [0.25, 0.3) is 0 Å². The standard InChI is InChI=1S/C18H30N2O2S/c1-7-15(6)23-16-8-9-17(13(4)10-16)19-18(22)20(12(2)3)11-14(5)21/h8-10,12,14-15,21H,7,11H2,1-6H3,(H,19,22). The van der Waals surface area contributed by atoms with Gasteiger partial charge in [-0.3, -0.25) is 0 Å². The number of carbonyl (C=O) groups is 1. The van der Waals surface area contributed by atoms with Crippen LogP contribution in [0.25, 0.3) is 0 Å². The molecule has 2 N–H and O–H groups in total. The summed E-state index contributed by atoms with van der Waals surface area (Å²) in [6.45, 7) is 12.3. The number of nitrogens with zero attached hydrogens (tertiary/aromatic N) is 1. The lowest BCUT2D eigenvalue weighted by molar-refractivity contribution is 0.125. The van der Waals surface area contributed by atoms with E-state index in [9.17, 15) is 9.90 Å². The molecule has 2 amide bonds. The van der Waals surface area contributed by atoms with Crippen molar-refractivity contribution in [2.24, 2.45) is 0 Å². The molecule has 0 bridgehead atoms. The topological polar surface area (TPSA) is 52.6 Å². The van der Waals surface area contributed by atoms with Crippen LogP contribution in [0, 0.1) is 6.92 Å². The third-order valence-corrected chi connectivity index (χ3v) is 4.96. The molecule has 5 heteroatoms. The quantitative estimate of drug-likeness (QED) is 0.719. The zero-order valence-corrected chi connectivity index (χ0v) is 15.9. The first-order valence-electron chi connectivity index (χ1n) is 8.27. The van der Waals surface area contributed by atoms with Gasteiger partial charge in [-0.15, -0.1) is 11.8 Å². The zero-order valence-electron chi connectivity index (χ0n) is 15.1. The summed E-state index contributed by atoms with van der Waals surface area (Å²) in [5.41, 5.74) is 1.87. The number of hydrogen-bond acceptors (Lipinski definition) is 3. The average molecular weight is 339 g/mol. The van der Waals surface area contributed by atoms with E-state index in [4.69, 9.17) is 0 Å². The summed E-state index contributed by atoms with van der Waals surface area (Å²) < 4.78 is 0. The highest BCUT2D eigenvalue weighted by Gasteiger charge is 2.19. The van der Waals surface area contributed by atoms with Crippen LogP contribution in [0.1, 0.15) is 46.6 Å². The van der Waals surface area contributed by atoms with Crippen LogP contribution in [0.5, 0.6) is 0 Å². The lowest BCUT2D eigenvalue weighted by Gasteiger charge is -2.28. The number of nitrogens with one attached hydrogen (secondary N) is 1. The minimum atomic E-state index is -0.543. The Morgan fingerprint density at radius 3 is 2.43 bits per heavy atom. The molecule has 0 aliphatic heterocycles. The number of rotatable bonds is 7. The summed E-state index contributed by atoms with van der Waals surface area (Å²) in [6.07, 6.45) is 0.587. The van der Waals surface area contributed by atoms with Crippen LogP contribution in [0.4, 0.5) is 10.5 Å². The van der Waals surface area contributed by atoms with E-state index in [0.717, 1.165) is 17.7 Å². The van der Waals surface area contributed by atoms with Crippen molar-refractivity contribution in [1.82, 2.24) is 4.90 Å². The maximum atomic E-state index is 12.4. The Morgan fingerprint density at radius 1 is 1.30 bits per heavy atom. The van der Waals surface area contributed by atoms with Crippen LogP contribution < -0.4 is 5.32 Å². The smallest absolute Gasteiger partial charge is 0.322 e. The molecule has 0 saturated heterocycles. The van der Waals surface area contributed by atoms with Gasteiger partial charge in [0.05, 0.1) is 6.10 Å². The Morgan fingerprint density at radius 2 is 1.96 bits per heavy atom. The molecule has 0 saturated carbocycles. The van der Waals surface area contributed by atoms with Crippen LogP contribution >= 0.6 is 11.8 Å². The fourth-order valence-electron chi connectivity index (χ4n) is 2.17. The summed E-state index contributed by atoms with van der Waals surface area (Å²) in [4.78, 5) is 15.3. The maximum absolute atomic E-state index is 12.4. The second-order valence-electron chi connectivity index (χ2n) is 6.34. The molecule has 2 unspecified atom stereocenters. The van der Waals surface area contributed by atoms with Crippen molar-refractivity contribution in [2.75, 3.05) is 11.9 Å². The molecule has 130 valence electrons. The molecule has 0 fully saturated rings. The molecule has 0 heterocycles. The van der Waals surface area contributed by atoms with E-state index in [2.05, 4.69) is 25.2 Å². The predicted octanol–water partition coefficient (Wildman–Crippen LogP) is 4.51. The Balaban J connectivity index is 2.81. The van der Waals surface area contributed by atoms with Gasteiger partial charge >= 0.3 is 6.03 Å². The molecular formula is C18H30N2O2S. The van der Waals surface area contributed by atoms with Crippen LogP contribution in [-0.4, -0.2) is 40.0 Å². The van der Waals surface area contributed by atoms with Crippen LogP contribution in [0.3, 0.4) is 0 Å². The van der Waals surface area contributed by atoms with E-state index in [-0.39, 0.29) is 12.1 Å². The van der Waals surface area contributed by atoms with Crippen LogP contribution in [-0.2, 0) is 0 Å². The van der Waals surface area contributed by atoms with Crippen molar-refractivity contribution in [3.8, 4) is 0 Å². The van der Waals surface area contributed by atoms with Gasteiger partial charge in [-0.05, 0) is 57.9 Å². The number of carbonyl (C=O) groups excluding carboxylic acids is 1. The molecule has 0 radical (unpaired) electrons. The van der Waals surface area contributed by atoms with Crippen LogP contribution in [0.2, 0.25) is 0 Å². The van der Waals surface area contributed by atoms with Gasteiger partial charge in [-0.1, -0.05) is 13.8 Å². The maximum Gasteiger partial charge on any atom is 0.322 e. The van der Waals surface area contributed by atoms with E-state index in [1.54, 1.807) is 11.8 Å². The molecule has 2 atom stereocenters. The fraction of sp³-hybridized carbons (Fsp3) is 0.611. The number of aryl methyl sites for hydroxylation is 1. The fourth-order valence-corrected chi connectivity index (χ4v) is 3.19. The summed E-state index contributed by atoms with van der Waals surface area (Å²) in [5, 5.41) is 13.1. The highest BCUT2D eigenvalue weighted by Crippen LogP contribution is 2.28. The van der Waals surface area contributed by atoms with Gasteiger partial charge in [0, 0.05) is 28.4 Å². The van der Waals surface area contributed by atoms with Gasteiger partial charge in [0.1, 0.15) is 0 Å². The third kappa shape index (κ3) is 6.43. The SMILES string of the molecule is CCC(C)Sc1ccc(NC(=O)N(CC(C)O)C(C)C)c(C)c1. The Kier molecular flexibility index (Phi) is 7.92. The van der Waals surface area contributed by atoms with Crippen molar-refractivity contribution >= 4 is 23.5 Å². The lowest BCUT2D eigenvalue weighted by Crippen LogP contribution is -2.43. The number of amides is 2. The van der Waals surface area contributed by atoms with E-state index in [0.29, 0.717) is 11.8 Å². The molecule has 4 nitrogen and oxygen atoms in total. The van der Waals surface area contributed by atoms with E-state index < -0.39 is 6.10 Å². The average Bonchev–Trinajstić information content (AvgIpc) is 2.46. The highest BCUT2D eigenvalue weighted by molar-refractivity contribution is 7.99. The van der Waals surface area contributed by atoms with Crippen molar-refractivity contribution < 1.29 is 9.90 Å². The van der Waals surface area contributed by atoms with Gasteiger partial charge in [0.15, 0.2) is 0 Å². The zero-order chi connectivity index (χ0) is 17.6. The summed E-state index contributed by atoms with van der Waals surface area (Å²) >= 11 is 1.85. The Labute approximate surface area is 144 Å². The van der Waals surface area contributed by atoms with E-state index in [1.165, 1.54) is 4.90 Å². The first-order chi connectivity index (χ1) is 10.7. The number of aliphatic hydroxyl groups is 1. The highest BCUT2D eigenvalue weighted by atomic mass is 32.2. The minimum Gasteiger partial charge on any atom is -0.392 e. The summed E-state index contributed by atoms with van der Waals surface area (Å²) in [7, 11) is 0. The molecule has 0 spiro atoms. The van der Waals surface area contributed by atoms with E-state index in [1.807, 2.05) is 44.7 Å². The van der Waals surface area contributed by atoms with Gasteiger partial charge < -0.3 is 15.3 Å². The van der Waals surface area contributed by atoms with Crippen molar-refractivity contribution in [2.45, 2.75) is 70.3 Å². The number of urea groups is 1. The second kappa shape index (κ2) is 9.18. The first-order valence-corrected chi connectivity index (χ1v) is 9.15. The predicted molar refractivity (Wildman–Crippen MR) is 99.3 cm³/mol. The van der Waals surface area contributed by atoms with Crippen molar-refractivity contribution in [1.29, 1.82) is 0 Å². The molecule has 1 aromatic rings. The Bertz CT molecular complexity index is 518. The first kappa shape index (κ1) is 19.8. The summed E-state index contributed by atoms with van der Waals surface area (Å²) in [6, 6.07) is 5.98. The number of benzene rings is 1. The third-order valence-electron chi connectivity index (χ3n) is 3.70. The molecule has 1 aromatic carbocycles. The number of aliphatic hydroxyl groups excluding tert-OH is 1. The number of anilines is 1. The minimum absolute atomic E-state index is 0.0325. The Hall–Kier alpha value is -1.20. The second-order valence-corrected chi connectivity index (χ2v) is 7.85. The normalized spacial score (nSPS) is 13.7. The number of thioether (sulfide) groups is 1. The molecule has 0 aromatic heterocycles. The largest absolute Gasteiger partial charge is 0.392 e. The molecular weight excluding hydrogens is 308 g/mol. The molecule has 23 heavy (non-hydrogen) atoms. The van der Waals surface area contributed by atoms with Crippen molar-refractivity contribution in [3.63, 3.8) is 0 Å². The van der Waals surface area contributed by atoms with Gasteiger partial charge in [-0.25, -0.2) is 4.79 Å².